The number of benzene rings is 1. The fourth-order valence-corrected chi connectivity index (χ4v) is 3.60. The summed E-state index contributed by atoms with van der Waals surface area (Å²) in [4.78, 5) is 14.0. The van der Waals surface area contributed by atoms with Gasteiger partial charge in [-0.1, -0.05) is 28.9 Å². The van der Waals surface area contributed by atoms with Crippen molar-refractivity contribution in [2.75, 3.05) is 29.9 Å². The monoisotopic (exact) mass is 372 g/mol. The first kappa shape index (κ1) is 16.6. The Kier molecular flexibility index (Phi) is 5.96. The van der Waals surface area contributed by atoms with Crippen LogP contribution in [0.25, 0.3) is 0 Å². The van der Waals surface area contributed by atoms with Crippen molar-refractivity contribution in [2.24, 2.45) is 0 Å². The number of likely N-dealkylation sites (tertiary alicyclic amines) is 1. The Morgan fingerprint density at radius 2 is 2.19 bits per heavy atom. The molecule has 0 aromatic heterocycles. The van der Waals surface area contributed by atoms with E-state index in [4.69, 9.17) is 0 Å². The van der Waals surface area contributed by atoms with Crippen molar-refractivity contribution in [3.8, 4) is 0 Å². The fourth-order valence-electron chi connectivity index (χ4n) is 2.33. The zero-order valence-electron chi connectivity index (χ0n) is 12.1. The second-order valence-electron chi connectivity index (χ2n) is 5.29. The van der Waals surface area contributed by atoms with Gasteiger partial charge in [0.1, 0.15) is 0 Å². The van der Waals surface area contributed by atoms with Crippen LogP contribution < -0.4 is 5.32 Å². The van der Waals surface area contributed by atoms with Crippen LogP contribution in [-0.2, 0) is 0 Å². The van der Waals surface area contributed by atoms with Gasteiger partial charge in [-0.2, -0.15) is 11.8 Å². The van der Waals surface area contributed by atoms with Crippen LogP contribution in [0.5, 0.6) is 0 Å². The van der Waals surface area contributed by atoms with Gasteiger partial charge in [0.25, 0.3) is 0 Å². The average molecular weight is 373 g/mol. The van der Waals surface area contributed by atoms with Gasteiger partial charge in [0.05, 0.1) is 5.60 Å². The number of carbonyl (C=O) groups excluding carboxylic acids is 1. The number of halogens is 1. The molecule has 21 heavy (non-hydrogen) atoms. The van der Waals surface area contributed by atoms with Crippen molar-refractivity contribution >= 4 is 39.4 Å². The maximum absolute atomic E-state index is 12.2. The summed E-state index contributed by atoms with van der Waals surface area (Å²) in [5.41, 5.74) is 0.157. The Morgan fingerprint density at radius 3 is 2.81 bits per heavy atom. The van der Waals surface area contributed by atoms with Gasteiger partial charge in [0.2, 0.25) is 0 Å². The summed E-state index contributed by atoms with van der Waals surface area (Å²) >= 11 is 5.14. The molecule has 0 bridgehead atoms. The number of thioether (sulfide) groups is 1. The standard InChI is InChI=1S/C15H21BrN2O2S/c1-2-21-11-15(20)6-8-18(9-7-15)14(19)17-13-5-3-4-12(16)10-13/h3-5,10,20H,2,6-9,11H2,1H3,(H,17,19). The Labute approximate surface area is 138 Å². The van der Waals surface area contributed by atoms with Gasteiger partial charge in [-0.3, -0.25) is 0 Å². The minimum atomic E-state index is -0.618. The quantitative estimate of drug-likeness (QED) is 0.849. The largest absolute Gasteiger partial charge is 0.389 e. The molecule has 4 nitrogen and oxygen atoms in total. The molecule has 1 aromatic carbocycles. The van der Waals surface area contributed by atoms with E-state index in [1.165, 1.54) is 0 Å². The number of aliphatic hydroxyl groups is 1. The molecule has 0 saturated carbocycles. The third-order valence-corrected chi connectivity index (χ3v) is 5.28. The first-order chi connectivity index (χ1) is 10.0. The van der Waals surface area contributed by atoms with Crippen LogP contribution in [0.3, 0.4) is 0 Å². The summed E-state index contributed by atoms with van der Waals surface area (Å²) in [6, 6.07) is 7.44. The van der Waals surface area contributed by atoms with Gasteiger partial charge in [-0.15, -0.1) is 0 Å². The Morgan fingerprint density at radius 1 is 1.48 bits per heavy atom. The van der Waals surface area contributed by atoms with Gasteiger partial charge in [-0.05, 0) is 36.8 Å². The van der Waals surface area contributed by atoms with Gasteiger partial charge in [0, 0.05) is 29.0 Å². The number of carbonyl (C=O) groups is 1. The molecule has 1 aliphatic rings. The molecule has 116 valence electrons. The third-order valence-electron chi connectivity index (χ3n) is 3.63. The van der Waals surface area contributed by atoms with Crippen molar-refractivity contribution in [1.29, 1.82) is 0 Å². The Bertz CT molecular complexity index is 490. The fraction of sp³-hybridized carbons (Fsp3) is 0.533. The van der Waals surface area contributed by atoms with Crippen LogP contribution in [0.1, 0.15) is 19.8 Å². The number of hydrogen-bond donors (Lipinski definition) is 2. The SMILES string of the molecule is CCSCC1(O)CCN(C(=O)Nc2cccc(Br)c2)CC1. The van der Waals surface area contributed by atoms with Crippen LogP contribution in [0.15, 0.2) is 28.7 Å². The first-order valence-corrected chi connectivity index (χ1v) is 9.09. The van der Waals surface area contributed by atoms with Gasteiger partial charge < -0.3 is 15.3 Å². The van der Waals surface area contributed by atoms with Gasteiger partial charge in [-0.25, -0.2) is 4.79 Å². The number of nitrogens with one attached hydrogen (secondary N) is 1. The highest BCUT2D eigenvalue weighted by atomic mass is 79.9. The minimum Gasteiger partial charge on any atom is -0.389 e. The Hall–Kier alpha value is -0.720. The van der Waals surface area contributed by atoms with E-state index >= 15 is 0 Å². The summed E-state index contributed by atoms with van der Waals surface area (Å²) in [5.74, 6) is 1.76. The predicted octanol–water partition coefficient (Wildman–Crippen LogP) is 3.56. The summed E-state index contributed by atoms with van der Waals surface area (Å²) in [6.45, 7) is 3.29. The molecule has 0 spiro atoms. The zero-order chi connectivity index (χ0) is 15.3. The molecule has 6 heteroatoms. The highest BCUT2D eigenvalue weighted by Gasteiger charge is 2.33. The van der Waals surface area contributed by atoms with Crippen LogP contribution in [0.2, 0.25) is 0 Å². The molecule has 1 aliphatic heterocycles. The highest BCUT2D eigenvalue weighted by Crippen LogP contribution is 2.26. The minimum absolute atomic E-state index is 0.0988. The molecule has 0 radical (unpaired) electrons. The van der Waals surface area contributed by atoms with Crippen LogP contribution in [-0.4, -0.2) is 46.2 Å². The molecule has 1 heterocycles. The van der Waals surface area contributed by atoms with Crippen molar-refractivity contribution in [2.45, 2.75) is 25.4 Å². The molecule has 1 aromatic rings. The zero-order valence-corrected chi connectivity index (χ0v) is 14.5. The van der Waals surface area contributed by atoms with Gasteiger partial charge in [0.15, 0.2) is 0 Å². The lowest BCUT2D eigenvalue weighted by molar-refractivity contribution is 0.00999. The van der Waals surface area contributed by atoms with E-state index < -0.39 is 5.60 Å². The van der Waals surface area contributed by atoms with Crippen LogP contribution >= 0.6 is 27.7 Å². The van der Waals surface area contributed by atoms with E-state index in [-0.39, 0.29) is 6.03 Å². The smallest absolute Gasteiger partial charge is 0.321 e. The van der Waals surface area contributed by atoms with Crippen LogP contribution in [0.4, 0.5) is 10.5 Å². The molecule has 2 amide bonds. The topological polar surface area (TPSA) is 52.6 Å². The molecule has 0 unspecified atom stereocenters. The van der Waals surface area contributed by atoms with Crippen molar-refractivity contribution in [3.63, 3.8) is 0 Å². The summed E-state index contributed by atoms with van der Waals surface area (Å²) in [5, 5.41) is 13.3. The van der Waals surface area contributed by atoms with Crippen molar-refractivity contribution in [3.05, 3.63) is 28.7 Å². The molecular formula is C15H21BrN2O2S. The summed E-state index contributed by atoms with van der Waals surface area (Å²) in [7, 11) is 0. The van der Waals surface area contributed by atoms with E-state index in [1.807, 2.05) is 24.3 Å². The number of rotatable bonds is 4. The lowest BCUT2D eigenvalue weighted by Gasteiger charge is -2.38. The lowest BCUT2D eigenvalue weighted by Crippen LogP contribution is -2.49. The Balaban J connectivity index is 1.85. The number of urea groups is 1. The van der Waals surface area contributed by atoms with Gasteiger partial charge >= 0.3 is 6.03 Å². The number of hydrogen-bond acceptors (Lipinski definition) is 3. The second-order valence-corrected chi connectivity index (χ2v) is 7.48. The van der Waals surface area contributed by atoms with E-state index in [0.717, 1.165) is 21.7 Å². The molecule has 0 atom stereocenters. The van der Waals surface area contributed by atoms with E-state index in [0.29, 0.717) is 25.9 Å². The number of amides is 2. The molecular weight excluding hydrogens is 352 g/mol. The highest BCUT2D eigenvalue weighted by molar-refractivity contribution is 9.10. The lowest BCUT2D eigenvalue weighted by atomic mass is 9.94. The maximum atomic E-state index is 12.2. The van der Waals surface area contributed by atoms with E-state index in [1.54, 1.807) is 16.7 Å². The molecule has 1 saturated heterocycles. The number of nitrogens with zero attached hydrogens (tertiary/aromatic N) is 1. The molecule has 2 N–H and O–H groups in total. The molecule has 0 aliphatic carbocycles. The predicted molar refractivity (Wildman–Crippen MR) is 91.9 cm³/mol. The average Bonchev–Trinajstić information content (AvgIpc) is 2.46. The second kappa shape index (κ2) is 7.51. The maximum Gasteiger partial charge on any atom is 0.321 e. The van der Waals surface area contributed by atoms with E-state index in [2.05, 4.69) is 28.2 Å². The number of piperidine rings is 1. The van der Waals surface area contributed by atoms with Crippen molar-refractivity contribution < 1.29 is 9.90 Å². The van der Waals surface area contributed by atoms with Crippen LogP contribution in [0, 0.1) is 0 Å². The number of anilines is 1. The van der Waals surface area contributed by atoms with Crippen molar-refractivity contribution in [1.82, 2.24) is 4.90 Å². The first-order valence-electron chi connectivity index (χ1n) is 7.14. The summed E-state index contributed by atoms with van der Waals surface area (Å²) in [6.07, 6.45) is 1.29. The normalized spacial score (nSPS) is 17.6. The molecule has 2 rings (SSSR count). The van der Waals surface area contributed by atoms with E-state index in [9.17, 15) is 9.90 Å². The third kappa shape index (κ3) is 4.90. The molecule has 1 fully saturated rings. The summed E-state index contributed by atoms with van der Waals surface area (Å²) < 4.78 is 0.935.